The Morgan fingerprint density at radius 3 is 2.29 bits per heavy atom. The number of hydrogen-bond acceptors (Lipinski definition) is 2. The zero-order valence-electron chi connectivity index (χ0n) is 11.2. The molecule has 17 heavy (non-hydrogen) atoms. The largest absolute Gasteiger partial charge is 0.302 e. The SMILES string of the molecule is CCCCCc1ccc(C(=O)CN(C)C)cc1. The number of carbonyl (C=O) groups is 1. The van der Waals surface area contributed by atoms with Crippen LogP contribution in [-0.2, 0) is 6.42 Å². The van der Waals surface area contributed by atoms with Gasteiger partial charge in [-0.1, -0.05) is 44.0 Å². The van der Waals surface area contributed by atoms with E-state index >= 15 is 0 Å². The molecule has 1 aromatic rings. The van der Waals surface area contributed by atoms with Gasteiger partial charge in [0.05, 0.1) is 6.54 Å². The van der Waals surface area contributed by atoms with E-state index in [1.54, 1.807) is 0 Å². The molecule has 0 bridgehead atoms. The van der Waals surface area contributed by atoms with Gasteiger partial charge in [0, 0.05) is 5.56 Å². The maximum Gasteiger partial charge on any atom is 0.176 e. The van der Waals surface area contributed by atoms with E-state index in [1.165, 1.54) is 24.8 Å². The molecule has 0 fully saturated rings. The Labute approximate surface area is 105 Å². The van der Waals surface area contributed by atoms with Gasteiger partial charge in [-0.25, -0.2) is 0 Å². The summed E-state index contributed by atoms with van der Waals surface area (Å²) in [6, 6.07) is 8.07. The van der Waals surface area contributed by atoms with Crippen molar-refractivity contribution in [3.05, 3.63) is 35.4 Å². The molecular formula is C15H23NO. The van der Waals surface area contributed by atoms with Gasteiger partial charge in [0.2, 0.25) is 0 Å². The second-order valence-electron chi connectivity index (χ2n) is 4.81. The molecule has 0 aromatic heterocycles. The Kier molecular flexibility index (Phi) is 5.92. The second-order valence-corrected chi connectivity index (χ2v) is 4.81. The molecule has 0 heterocycles. The van der Waals surface area contributed by atoms with Crippen LogP contribution in [0.4, 0.5) is 0 Å². The van der Waals surface area contributed by atoms with E-state index in [0.717, 1.165) is 12.0 Å². The molecule has 0 aliphatic rings. The molecule has 0 saturated heterocycles. The summed E-state index contributed by atoms with van der Waals surface area (Å²) in [5.74, 6) is 0.190. The molecule has 94 valence electrons. The van der Waals surface area contributed by atoms with Gasteiger partial charge in [0.25, 0.3) is 0 Å². The fraction of sp³-hybridized carbons (Fsp3) is 0.533. The number of unbranched alkanes of at least 4 members (excludes halogenated alkanes) is 2. The lowest BCUT2D eigenvalue weighted by Crippen LogP contribution is -2.21. The highest BCUT2D eigenvalue weighted by Crippen LogP contribution is 2.09. The van der Waals surface area contributed by atoms with E-state index in [0.29, 0.717) is 6.54 Å². The molecule has 0 saturated carbocycles. The maximum absolute atomic E-state index is 11.8. The number of ketones is 1. The van der Waals surface area contributed by atoms with E-state index in [9.17, 15) is 4.79 Å². The summed E-state index contributed by atoms with van der Waals surface area (Å²) in [5.41, 5.74) is 2.15. The molecular weight excluding hydrogens is 210 g/mol. The summed E-state index contributed by atoms with van der Waals surface area (Å²) < 4.78 is 0. The third-order valence-corrected chi connectivity index (χ3v) is 2.80. The second kappa shape index (κ2) is 7.23. The molecule has 0 amide bonds. The molecule has 1 aromatic carbocycles. The fourth-order valence-electron chi connectivity index (χ4n) is 1.81. The molecule has 0 aliphatic heterocycles. The maximum atomic E-state index is 11.8. The number of nitrogens with zero attached hydrogens (tertiary/aromatic N) is 1. The zero-order chi connectivity index (χ0) is 12.7. The van der Waals surface area contributed by atoms with Crippen LogP contribution in [0, 0.1) is 0 Å². The van der Waals surface area contributed by atoms with E-state index in [2.05, 4.69) is 19.1 Å². The van der Waals surface area contributed by atoms with Gasteiger partial charge in [0.15, 0.2) is 5.78 Å². The molecule has 0 aliphatic carbocycles. The van der Waals surface area contributed by atoms with Gasteiger partial charge in [-0.15, -0.1) is 0 Å². The summed E-state index contributed by atoms with van der Waals surface area (Å²) in [6.07, 6.45) is 4.89. The van der Waals surface area contributed by atoms with Crippen molar-refractivity contribution in [3.63, 3.8) is 0 Å². The van der Waals surface area contributed by atoms with Gasteiger partial charge < -0.3 is 4.90 Å². The van der Waals surface area contributed by atoms with Crippen molar-refractivity contribution in [2.45, 2.75) is 32.6 Å². The van der Waals surface area contributed by atoms with Crippen molar-refractivity contribution >= 4 is 5.78 Å². The van der Waals surface area contributed by atoms with Crippen LogP contribution in [0.5, 0.6) is 0 Å². The van der Waals surface area contributed by atoms with Gasteiger partial charge >= 0.3 is 0 Å². The average Bonchev–Trinajstić information content (AvgIpc) is 2.29. The molecule has 0 unspecified atom stereocenters. The molecule has 2 nitrogen and oxygen atoms in total. The summed E-state index contributed by atoms with van der Waals surface area (Å²) in [4.78, 5) is 13.7. The number of rotatable bonds is 7. The van der Waals surface area contributed by atoms with Crippen LogP contribution in [0.1, 0.15) is 42.1 Å². The third-order valence-electron chi connectivity index (χ3n) is 2.80. The fourth-order valence-corrected chi connectivity index (χ4v) is 1.81. The Balaban J connectivity index is 2.52. The van der Waals surface area contributed by atoms with Gasteiger partial charge in [-0.3, -0.25) is 4.79 Å². The first-order valence-electron chi connectivity index (χ1n) is 6.40. The molecule has 2 heteroatoms. The van der Waals surface area contributed by atoms with E-state index in [-0.39, 0.29) is 5.78 Å². The van der Waals surface area contributed by atoms with Crippen LogP contribution in [-0.4, -0.2) is 31.3 Å². The molecule has 0 spiro atoms. The van der Waals surface area contributed by atoms with Crippen LogP contribution in [0.2, 0.25) is 0 Å². The van der Waals surface area contributed by atoms with Crippen molar-refractivity contribution in [1.82, 2.24) is 4.90 Å². The minimum atomic E-state index is 0.190. The van der Waals surface area contributed by atoms with E-state index < -0.39 is 0 Å². The Morgan fingerprint density at radius 2 is 1.76 bits per heavy atom. The molecule has 0 radical (unpaired) electrons. The Bertz CT molecular complexity index is 340. The van der Waals surface area contributed by atoms with Crippen molar-refractivity contribution < 1.29 is 4.79 Å². The monoisotopic (exact) mass is 233 g/mol. The van der Waals surface area contributed by atoms with Crippen molar-refractivity contribution in [2.24, 2.45) is 0 Å². The van der Waals surface area contributed by atoms with Crippen LogP contribution >= 0.6 is 0 Å². The third kappa shape index (κ3) is 5.14. The topological polar surface area (TPSA) is 20.3 Å². The summed E-state index contributed by atoms with van der Waals surface area (Å²) >= 11 is 0. The summed E-state index contributed by atoms with van der Waals surface area (Å²) in [5, 5.41) is 0. The van der Waals surface area contributed by atoms with Crippen LogP contribution in [0.15, 0.2) is 24.3 Å². The minimum absolute atomic E-state index is 0.190. The van der Waals surface area contributed by atoms with Gasteiger partial charge in [-0.05, 0) is 32.5 Å². The highest BCUT2D eigenvalue weighted by Gasteiger charge is 2.06. The Morgan fingerprint density at radius 1 is 1.12 bits per heavy atom. The van der Waals surface area contributed by atoms with Crippen molar-refractivity contribution in [1.29, 1.82) is 0 Å². The number of Topliss-reactive ketones (excluding diaryl/α,β-unsaturated/α-hetero) is 1. The first-order chi connectivity index (χ1) is 8.13. The molecule has 1 rings (SSSR count). The number of carbonyl (C=O) groups excluding carboxylic acids is 1. The van der Waals surface area contributed by atoms with Crippen LogP contribution in [0.25, 0.3) is 0 Å². The van der Waals surface area contributed by atoms with Gasteiger partial charge in [0.1, 0.15) is 0 Å². The smallest absolute Gasteiger partial charge is 0.176 e. The normalized spacial score (nSPS) is 10.8. The predicted octanol–water partition coefficient (Wildman–Crippen LogP) is 3.16. The van der Waals surface area contributed by atoms with Crippen molar-refractivity contribution in [3.8, 4) is 0 Å². The highest BCUT2D eigenvalue weighted by molar-refractivity contribution is 5.97. The Hall–Kier alpha value is -1.15. The number of hydrogen-bond donors (Lipinski definition) is 0. The number of benzene rings is 1. The average molecular weight is 233 g/mol. The zero-order valence-corrected chi connectivity index (χ0v) is 11.2. The van der Waals surface area contributed by atoms with Crippen molar-refractivity contribution in [2.75, 3.05) is 20.6 Å². The lowest BCUT2D eigenvalue weighted by Gasteiger charge is -2.08. The first kappa shape index (κ1) is 13.9. The lowest BCUT2D eigenvalue weighted by molar-refractivity contribution is 0.0958. The lowest BCUT2D eigenvalue weighted by atomic mass is 10.0. The standard InChI is InChI=1S/C15H23NO/c1-4-5-6-7-13-8-10-14(11-9-13)15(17)12-16(2)3/h8-11H,4-7,12H2,1-3H3. The molecule has 0 N–H and O–H groups in total. The molecule has 0 atom stereocenters. The van der Waals surface area contributed by atoms with E-state index in [1.807, 2.05) is 31.1 Å². The number of aryl methyl sites for hydroxylation is 1. The van der Waals surface area contributed by atoms with Gasteiger partial charge in [-0.2, -0.15) is 0 Å². The van der Waals surface area contributed by atoms with Crippen LogP contribution in [0.3, 0.4) is 0 Å². The quantitative estimate of drug-likeness (QED) is 0.532. The summed E-state index contributed by atoms with van der Waals surface area (Å²) in [7, 11) is 3.83. The first-order valence-corrected chi connectivity index (χ1v) is 6.40. The van der Waals surface area contributed by atoms with Crippen LogP contribution < -0.4 is 0 Å². The highest BCUT2D eigenvalue weighted by atomic mass is 16.1. The van der Waals surface area contributed by atoms with E-state index in [4.69, 9.17) is 0 Å². The predicted molar refractivity (Wildman–Crippen MR) is 72.6 cm³/mol. The summed E-state index contributed by atoms with van der Waals surface area (Å²) in [6.45, 7) is 2.69. The minimum Gasteiger partial charge on any atom is -0.302 e. The number of likely N-dealkylation sites (N-methyl/N-ethyl adjacent to an activating group) is 1.